The molecule has 1 amide bonds. The Kier molecular flexibility index (Phi) is 9.48. The van der Waals surface area contributed by atoms with E-state index in [2.05, 4.69) is 5.32 Å². The van der Waals surface area contributed by atoms with Crippen molar-refractivity contribution in [3.8, 4) is 0 Å². The lowest BCUT2D eigenvalue weighted by Crippen LogP contribution is -2.48. The summed E-state index contributed by atoms with van der Waals surface area (Å²) in [5.41, 5.74) is 7.12. The number of amides is 1. The molecular formula is C24H44N4O3. The number of ether oxygens (including phenoxy) is 2. The number of hydrogen-bond acceptors (Lipinski definition) is 6. The normalized spacial score (nSPS) is 32.2. The lowest BCUT2D eigenvalue weighted by molar-refractivity contribution is -0.127. The lowest BCUT2D eigenvalue weighted by Gasteiger charge is -2.27. The number of hydrogen-bond donors (Lipinski definition) is 3. The molecule has 2 saturated carbocycles. The van der Waals surface area contributed by atoms with Gasteiger partial charge in [-0.3, -0.25) is 4.79 Å². The van der Waals surface area contributed by atoms with E-state index in [1.54, 1.807) is 5.01 Å². The summed E-state index contributed by atoms with van der Waals surface area (Å²) < 4.78 is 12.0. The molecule has 7 heteroatoms. The summed E-state index contributed by atoms with van der Waals surface area (Å²) in [5.74, 6) is 7.32. The van der Waals surface area contributed by atoms with E-state index < -0.39 is 0 Å². The van der Waals surface area contributed by atoms with Crippen molar-refractivity contribution in [1.29, 1.82) is 0 Å². The highest BCUT2D eigenvalue weighted by molar-refractivity contribution is 5.79. The molecule has 0 spiro atoms. The van der Waals surface area contributed by atoms with Crippen molar-refractivity contribution >= 4 is 5.91 Å². The third-order valence-corrected chi connectivity index (χ3v) is 7.28. The van der Waals surface area contributed by atoms with Crippen LogP contribution in [0, 0.1) is 11.8 Å². The first-order valence-corrected chi connectivity index (χ1v) is 12.6. The third kappa shape index (κ3) is 6.36. The highest BCUT2D eigenvalue weighted by Crippen LogP contribution is 2.31. The lowest BCUT2D eigenvalue weighted by atomic mass is 9.86. The first-order valence-electron chi connectivity index (χ1n) is 12.6. The van der Waals surface area contributed by atoms with Crippen molar-refractivity contribution in [3.63, 3.8) is 0 Å². The molecule has 178 valence electrons. The average molecular weight is 437 g/mol. The second kappa shape index (κ2) is 12.1. The van der Waals surface area contributed by atoms with Gasteiger partial charge in [0.1, 0.15) is 12.2 Å². The first-order chi connectivity index (χ1) is 15.1. The first kappa shape index (κ1) is 24.3. The van der Waals surface area contributed by atoms with Crippen molar-refractivity contribution in [2.75, 3.05) is 13.2 Å². The Labute approximate surface area is 188 Å². The topological polar surface area (TPSA) is 103 Å². The molecule has 4 rings (SSSR count). The molecule has 4 fully saturated rings. The maximum Gasteiger partial charge on any atom is 0.223 e. The second-order valence-electron chi connectivity index (χ2n) is 9.47. The van der Waals surface area contributed by atoms with E-state index in [1.165, 1.54) is 38.5 Å². The number of nitrogens with two attached hydrogens (primary N) is 2. The summed E-state index contributed by atoms with van der Waals surface area (Å²) in [5, 5.41) is 4.86. The molecule has 7 nitrogen and oxygen atoms in total. The maximum atomic E-state index is 12.6. The number of nitrogens with one attached hydrogen (secondary N) is 1. The van der Waals surface area contributed by atoms with Crippen LogP contribution in [0.2, 0.25) is 0 Å². The molecule has 2 saturated heterocycles. The van der Waals surface area contributed by atoms with E-state index in [-0.39, 0.29) is 36.1 Å². The zero-order valence-electron chi connectivity index (χ0n) is 19.6. The van der Waals surface area contributed by atoms with Crippen LogP contribution >= 0.6 is 0 Å². The molecule has 0 bridgehead atoms. The van der Waals surface area contributed by atoms with Gasteiger partial charge in [-0.05, 0) is 25.2 Å². The Hall–Kier alpha value is -1.31. The zero-order chi connectivity index (χ0) is 22.2. The fourth-order valence-corrected chi connectivity index (χ4v) is 5.59. The van der Waals surface area contributed by atoms with E-state index >= 15 is 0 Å². The quantitative estimate of drug-likeness (QED) is 0.436. The minimum absolute atomic E-state index is 0.0681. The van der Waals surface area contributed by atoms with Gasteiger partial charge in [0.2, 0.25) is 5.91 Å². The highest BCUT2D eigenvalue weighted by Gasteiger charge is 2.49. The Morgan fingerprint density at radius 3 is 2.26 bits per heavy atom. The number of carbonyl (C=O) groups is 1. The predicted octanol–water partition coefficient (Wildman–Crippen LogP) is 3.19. The van der Waals surface area contributed by atoms with E-state index in [0.29, 0.717) is 19.1 Å². The smallest absolute Gasteiger partial charge is 0.223 e. The standard InChI is InChI=1S/C22H38N4O3.C2H6/c23-17(11-15-7-3-1-4-8-15)12-26(24)19-14-29-20-18(13-28-21(19)20)25-22(27)16-9-5-2-6-10-16;1-2/h12,15-16,18-21H,1-11,13-14,23-24H2,(H,25,27);1-2H3/b17-12-;. The minimum atomic E-state index is -0.133. The molecule has 2 heterocycles. The second-order valence-corrected chi connectivity index (χ2v) is 9.47. The van der Waals surface area contributed by atoms with Crippen molar-refractivity contribution in [2.45, 2.75) is 109 Å². The van der Waals surface area contributed by atoms with Crippen LogP contribution in [0.1, 0.15) is 84.5 Å². The molecule has 0 radical (unpaired) electrons. The maximum absolute atomic E-state index is 12.6. The summed E-state index contributed by atoms with van der Waals surface area (Å²) in [6.45, 7) is 4.98. The van der Waals surface area contributed by atoms with Crippen LogP contribution in [-0.4, -0.2) is 48.4 Å². The number of hydrazine groups is 1. The van der Waals surface area contributed by atoms with Crippen molar-refractivity contribution in [2.24, 2.45) is 23.4 Å². The largest absolute Gasteiger partial charge is 0.401 e. The molecule has 0 aromatic rings. The summed E-state index contributed by atoms with van der Waals surface area (Å²) in [4.78, 5) is 12.6. The van der Waals surface area contributed by atoms with Gasteiger partial charge in [0.25, 0.3) is 0 Å². The van der Waals surface area contributed by atoms with Crippen LogP contribution in [0.25, 0.3) is 0 Å². The van der Waals surface area contributed by atoms with Gasteiger partial charge in [0, 0.05) is 17.8 Å². The fraction of sp³-hybridized carbons (Fsp3) is 0.875. The van der Waals surface area contributed by atoms with E-state index in [1.807, 2.05) is 20.0 Å². The summed E-state index contributed by atoms with van der Waals surface area (Å²) in [6, 6.07) is -0.155. The number of fused-ring (bicyclic) bond motifs is 1. The van der Waals surface area contributed by atoms with Crippen LogP contribution < -0.4 is 16.9 Å². The van der Waals surface area contributed by atoms with Crippen molar-refractivity contribution in [1.82, 2.24) is 10.3 Å². The van der Waals surface area contributed by atoms with Gasteiger partial charge in [-0.2, -0.15) is 0 Å². The molecule has 0 aromatic carbocycles. The molecular weight excluding hydrogens is 392 g/mol. The van der Waals surface area contributed by atoms with Crippen LogP contribution in [0.5, 0.6) is 0 Å². The number of nitrogens with zero attached hydrogens (tertiary/aromatic N) is 1. The van der Waals surface area contributed by atoms with Gasteiger partial charge in [-0.1, -0.05) is 65.2 Å². The van der Waals surface area contributed by atoms with Crippen molar-refractivity contribution < 1.29 is 14.3 Å². The summed E-state index contributed by atoms with van der Waals surface area (Å²) in [7, 11) is 0. The van der Waals surface area contributed by atoms with Crippen LogP contribution in [-0.2, 0) is 14.3 Å². The molecule has 5 N–H and O–H groups in total. The van der Waals surface area contributed by atoms with Gasteiger partial charge in [-0.15, -0.1) is 0 Å². The average Bonchev–Trinajstić information content (AvgIpc) is 3.39. The SMILES string of the molecule is CC.N/C(=C\N(N)C1COC2C(NC(=O)C3CCCCC3)COC21)CC1CCCCC1. The van der Waals surface area contributed by atoms with E-state index in [0.717, 1.165) is 37.8 Å². The van der Waals surface area contributed by atoms with E-state index in [9.17, 15) is 4.79 Å². The van der Waals surface area contributed by atoms with Crippen LogP contribution in [0.3, 0.4) is 0 Å². The Morgan fingerprint density at radius 1 is 0.968 bits per heavy atom. The molecule has 2 aliphatic carbocycles. The molecule has 4 atom stereocenters. The van der Waals surface area contributed by atoms with Crippen LogP contribution in [0.15, 0.2) is 11.9 Å². The highest BCUT2D eigenvalue weighted by atomic mass is 16.6. The van der Waals surface area contributed by atoms with E-state index in [4.69, 9.17) is 21.1 Å². The molecule has 4 aliphatic rings. The van der Waals surface area contributed by atoms with Crippen LogP contribution in [0.4, 0.5) is 0 Å². The Balaban J connectivity index is 0.00000132. The number of rotatable bonds is 6. The Bertz CT molecular complexity index is 587. The molecule has 4 unspecified atom stereocenters. The zero-order valence-corrected chi connectivity index (χ0v) is 19.6. The summed E-state index contributed by atoms with van der Waals surface area (Å²) in [6.07, 6.45) is 14.6. The molecule has 0 aromatic heterocycles. The number of allylic oxidation sites excluding steroid dienone is 1. The summed E-state index contributed by atoms with van der Waals surface area (Å²) >= 11 is 0. The van der Waals surface area contributed by atoms with Gasteiger partial charge in [0.05, 0.1) is 25.3 Å². The third-order valence-electron chi connectivity index (χ3n) is 7.28. The van der Waals surface area contributed by atoms with Gasteiger partial charge >= 0.3 is 0 Å². The van der Waals surface area contributed by atoms with Gasteiger partial charge < -0.3 is 25.5 Å². The Morgan fingerprint density at radius 2 is 1.58 bits per heavy atom. The van der Waals surface area contributed by atoms with Crippen molar-refractivity contribution in [3.05, 3.63) is 11.9 Å². The fourth-order valence-electron chi connectivity index (χ4n) is 5.59. The molecule has 31 heavy (non-hydrogen) atoms. The predicted molar refractivity (Wildman–Crippen MR) is 123 cm³/mol. The van der Waals surface area contributed by atoms with Gasteiger partial charge in [-0.25, -0.2) is 5.84 Å². The minimum Gasteiger partial charge on any atom is -0.401 e. The van der Waals surface area contributed by atoms with Gasteiger partial charge in [0.15, 0.2) is 0 Å². The number of carbonyl (C=O) groups excluding carboxylic acids is 1. The monoisotopic (exact) mass is 436 g/mol. The molecule has 2 aliphatic heterocycles.